The van der Waals surface area contributed by atoms with E-state index in [1.165, 1.54) is 6.20 Å². The third-order valence-electron chi connectivity index (χ3n) is 2.45. The first-order valence-electron chi connectivity index (χ1n) is 4.28. The normalized spacial score (nSPS) is 11.4. The summed E-state index contributed by atoms with van der Waals surface area (Å²) in [6.45, 7) is 0. The molecule has 1 aliphatic carbocycles. The van der Waals surface area contributed by atoms with Crippen LogP contribution in [0.3, 0.4) is 0 Å². The summed E-state index contributed by atoms with van der Waals surface area (Å²) in [7, 11) is 0. The van der Waals surface area contributed by atoms with Crippen LogP contribution in [-0.4, -0.2) is 20.1 Å². The zero-order valence-corrected chi connectivity index (χ0v) is 7.25. The van der Waals surface area contributed by atoms with Gasteiger partial charge < -0.3 is 10.4 Å². The Morgan fingerprint density at radius 2 is 1.86 bits per heavy atom. The van der Waals surface area contributed by atoms with Gasteiger partial charge in [0.15, 0.2) is 0 Å². The summed E-state index contributed by atoms with van der Waals surface area (Å²) in [5.41, 5.74) is 1.44. The Morgan fingerprint density at radius 1 is 1.07 bits per heavy atom. The summed E-state index contributed by atoms with van der Waals surface area (Å²) in [6.07, 6.45) is 1.47. The van der Waals surface area contributed by atoms with Crippen molar-refractivity contribution in [3.63, 3.8) is 0 Å². The smallest absolute Gasteiger partial charge is 0.119 e. The monoisotopic (exact) mass is 188 g/mol. The van der Waals surface area contributed by atoms with Crippen molar-refractivity contribution in [2.75, 3.05) is 0 Å². The Kier molecular flexibility index (Phi) is 1.16. The van der Waals surface area contributed by atoms with Crippen molar-refractivity contribution in [1.82, 2.24) is 9.69 Å². The van der Waals surface area contributed by atoms with Crippen LogP contribution < -0.4 is 0 Å². The van der Waals surface area contributed by atoms with E-state index >= 15 is 0 Å². The third-order valence-corrected chi connectivity index (χ3v) is 2.45. The molecule has 1 aliphatic heterocycles. The van der Waals surface area contributed by atoms with Crippen molar-refractivity contribution in [3.05, 3.63) is 36.5 Å². The quantitative estimate of drug-likeness (QED) is 0.530. The summed E-state index contributed by atoms with van der Waals surface area (Å²) < 4.78 is 0. The number of hydrogen-bond donors (Lipinski definition) is 2. The second-order valence-electron chi connectivity index (χ2n) is 3.27. The molecule has 0 unspecified atom stereocenters. The Labute approximate surface area is 79.5 Å². The van der Waals surface area contributed by atoms with E-state index in [9.17, 15) is 10.4 Å². The van der Waals surface area contributed by atoms with Gasteiger partial charge in [-0.15, -0.1) is 0 Å². The van der Waals surface area contributed by atoms with E-state index in [1.54, 1.807) is 0 Å². The van der Waals surface area contributed by atoms with Crippen LogP contribution in [0.15, 0.2) is 36.5 Å². The minimum Gasteiger partial charge on any atom is -0.411 e. The van der Waals surface area contributed by atoms with Crippen molar-refractivity contribution in [2.45, 2.75) is 0 Å². The molecule has 0 atom stereocenters. The van der Waals surface area contributed by atoms with E-state index in [0.29, 0.717) is 10.5 Å². The zero-order chi connectivity index (χ0) is 9.71. The molecule has 0 amide bonds. The minimum atomic E-state index is 0.628. The molecule has 4 nitrogen and oxygen atoms in total. The maximum absolute atomic E-state index is 9.51. The van der Waals surface area contributed by atoms with Gasteiger partial charge in [0.1, 0.15) is 5.69 Å². The highest BCUT2D eigenvalue weighted by Crippen LogP contribution is 2.33. The van der Waals surface area contributed by atoms with E-state index in [1.807, 2.05) is 30.3 Å². The molecule has 2 aliphatic rings. The molecule has 0 spiro atoms. The van der Waals surface area contributed by atoms with Gasteiger partial charge in [-0.2, -0.15) is 0 Å². The second kappa shape index (κ2) is 2.23. The van der Waals surface area contributed by atoms with Gasteiger partial charge in [-0.05, 0) is 11.5 Å². The van der Waals surface area contributed by atoms with Crippen molar-refractivity contribution in [3.8, 4) is 11.3 Å². The lowest BCUT2D eigenvalue weighted by molar-refractivity contribution is -0.00629. The van der Waals surface area contributed by atoms with E-state index < -0.39 is 0 Å². The number of rotatable bonds is 0. The summed E-state index contributed by atoms with van der Waals surface area (Å²) in [6, 6.07) is 9.64. The third kappa shape index (κ3) is 0.724. The fourth-order valence-corrected chi connectivity index (χ4v) is 1.83. The van der Waals surface area contributed by atoms with Gasteiger partial charge in [-0.1, -0.05) is 34.0 Å². The lowest BCUT2D eigenvalue weighted by Gasteiger charge is -1.98. The Morgan fingerprint density at radius 3 is 2.71 bits per heavy atom. The molecular weight excluding hydrogens is 180 g/mol. The summed E-state index contributed by atoms with van der Waals surface area (Å²) >= 11 is 0. The minimum absolute atomic E-state index is 0.628. The van der Waals surface area contributed by atoms with Gasteiger partial charge in [-0.25, -0.2) is 0 Å². The molecule has 0 fully saturated rings. The van der Waals surface area contributed by atoms with Crippen LogP contribution in [0.25, 0.3) is 22.0 Å². The van der Waals surface area contributed by atoms with Gasteiger partial charge in [0.25, 0.3) is 0 Å². The van der Waals surface area contributed by atoms with E-state index in [4.69, 9.17) is 0 Å². The second-order valence-corrected chi connectivity index (χ2v) is 3.27. The SMILES string of the molecule is On1cc2cc3ccccc3c-2n1O. The van der Waals surface area contributed by atoms with E-state index in [-0.39, 0.29) is 0 Å². The molecule has 1 aromatic rings. The van der Waals surface area contributed by atoms with Gasteiger partial charge in [0, 0.05) is 10.9 Å². The molecule has 1 heterocycles. The van der Waals surface area contributed by atoms with Crippen LogP contribution in [0.5, 0.6) is 0 Å². The molecule has 0 radical (unpaired) electrons. The predicted octanol–water partition coefficient (Wildman–Crippen LogP) is 2.02. The molecule has 70 valence electrons. The van der Waals surface area contributed by atoms with Crippen molar-refractivity contribution in [1.29, 1.82) is 0 Å². The van der Waals surface area contributed by atoms with E-state index in [0.717, 1.165) is 21.2 Å². The summed E-state index contributed by atoms with van der Waals surface area (Å²) in [5, 5.41) is 20.7. The summed E-state index contributed by atoms with van der Waals surface area (Å²) in [4.78, 5) is 1.40. The lowest BCUT2D eigenvalue weighted by Crippen LogP contribution is -2.04. The van der Waals surface area contributed by atoms with Crippen LogP contribution in [-0.2, 0) is 0 Å². The maximum Gasteiger partial charge on any atom is 0.119 e. The molecule has 1 aromatic carbocycles. The first-order valence-corrected chi connectivity index (χ1v) is 4.28. The summed E-state index contributed by atoms with van der Waals surface area (Å²) in [5.74, 6) is 0. The maximum atomic E-state index is 9.51. The van der Waals surface area contributed by atoms with Crippen LogP contribution in [0.2, 0.25) is 0 Å². The number of nitrogens with zero attached hydrogens (tertiary/aromatic N) is 2. The Hall–Kier alpha value is -2.10. The molecule has 0 bridgehead atoms. The highest BCUT2D eigenvalue weighted by molar-refractivity contribution is 6.00. The zero-order valence-electron chi connectivity index (χ0n) is 7.25. The van der Waals surface area contributed by atoms with Crippen LogP contribution >= 0.6 is 0 Å². The molecule has 4 heteroatoms. The van der Waals surface area contributed by atoms with Crippen molar-refractivity contribution in [2.24, 2.45) is 0 Å². The predicted molar refractivity (Wildman–Crippen MR) is 50.9 cm³/mol. The van der Waals surface area contributed by atoms with Crippen molar-refractivity contribution >= 4 is 10.8 Å². The average molecular weight is 188 g/mol. The van der Waals surface area contributed by atoms with E-state index in [2.05, 4.69) is 0 Å². The van der Waals surface area contributed by atoms with Crippen molar-refractivity contribution < 1.29 is 10.4 Å². The molecule has 0 saturated heterocycles. The number of benzene rings is 1. The molecule has 0 aromatic heterocycles. The molecule has 2 N–H and O–H groups in total. The number of fused-ring (bicyclic) bond motifs is 3. The molecule has 0 saturated carbocycles. The van der Waals surface area contributed by atoms with Gasteiger partial charge >= 0.3 is 0 Å². The van der Waals surface area contributed by atoms with Crippen LogP contribution in [0.1, 0.15) is 0 Å². The molecule has 14 heavy (non-hydrogen) atoms. The molecular formula is C10H8N2O2. The Balaban J connectivity index is 2.55. The number of aromatic nitrogens is 2. The molecule has 3 rings (SSSR count). The van der Waals surface area contributed by atoms with Gasteiger partial charge in [-0.3, -0.25) is 0 Å². The first-order chi connectivity index (χ1) is 6.77. The van der Waals surface area contributed by atoms with Gasteiger partial charge in [0.05, 0.1) is 6.20 Å². The average Bonchev–Trinajstić information content (AvgIpc) is 2.65. The largest absolute Gasteiger partial charge is 0.411 e. The van der Waals surface area contributed by atoms with Crippen LogP contribution in [0, 0.1) is 0 Å². The fraction of sp³-hybridized carbons (Fsp3) is 0. The topological polar surface area (TPSA) is 50.3 Å². The van der Waals surface area contributed by atoms with Crippen LogP contribution in [0.4, 0.5) is 0 Å². The highest BCUT2D eigenvalue weighted by Gasteiger charge is 2.17. The standard InChI is InChI=1S/C10H8N2O2/c13-11-6-8-5-7-3-1-2-4-9(7)10(8)12(11)14/h1-6,13-14H. The lowest BCUT2D eigenvalue weighted by atomic mass is 10.2. The fourth-order valence-electron chi connectivity index (χ4n) is 1.83. The van der Waals surface area contributed by atoms with Gasteiger partial charge in [0.2, 0.25) is 0 Å². The highest BCUT2D eigenvalue weighted by atomic mass is 16.6. The first kappa shape index (κ1) is 7.32. The number of hydrogen-bond acceptors (Lipinski definition) is 2. The Bertz CT molecular complexity index is 579.